The fourth-order valence-electron chi connectivity index (χ4n) is 4.00. The van der Waals surface area contributed by atoms with E-state index < -0.39 is 19.2 Å². The SMILES string of the molecule is CCC[CH2][Sn]1([CH2]CCC)[O]/C(c2cc(-c3ccccc3)on2)=N\N=C/c2cccc(OCC)c2[O]1. The molecule has 8 heteroatoms. The summed E-state index contributed by atoms with van der Waals surface area (Å²) in [6.07, 6.45) is 5.86. The number of nitrogens with zero attached hydrogens (tertiary/aromatic N) is 3. The average molecular weight is 582 g/mol. The first-order valence-electron chi connectivity index (χ1n) is 12.5. The first-order valence-corrected chi connectivity index (χ1v) is 18.8. The first-order chi connectivity index (χ1) is 17.2. The van der Waals surface area contributed by atoms with E-state index in [9.17, 15) is 0 Å². The number of ether oxygens (including phenoxy) is 1. The molecule has 0 N–H and O–H groups in total. The Hall–Kier alpha value is -2.81. The van der Waals surface area contributed by atoms with E-state index >= 15 is 0 Å². The zero-order chi connectivity index (χ0) is 24.5. The predicted octanol–water partition coefficient (Wildman–Crippen LogP) is 6.97. The maximum absolute atomic E-state index is 6.97. The number of para-hydroxylation sites is 1. The van der Waals surface area contributed by atoms with Gasteiger partial charge in [-0.15, -0.1) is 0 Å². The summed E-state index contributed by atoms with van der Waals surface area (Å²) in [6, 6.07) is 17.6. The van der Waals surface area contributed by atoms with E-state index in [0.717, 1.165) is 45.7 Å². The first kappa shape index (κ1) is 25.3. The minimum atomic E-state index is -3.81. The summed E-state index contributed by atoms with van der Waals surface area (Å²) in [5, 5.41) is 13.1. The summed E-state index contributed by atoms with van der Waals surface area (Å²) in [5.74, 6) is 2.44. The molecule has 0 fully saturated rings. The van der Waals surface area contributed by atoms with E-state index in [1.54, 1.807) is 6.21 Å². The summed E-state index contributed by atoms with van der Waals surface area (Å²) >= 11 is -3.81. The second kappa shape index (κ2) is 12.2. The molecular formula is C27H33N3O4Sn. The molecule has 0 unspecified atom stereocenters. The van der Waals surface area contributed by atoms with Gasteiger partial charge in [-0.05, 0) is 0 Å². The molecule has 184 valence electrons. The Labute approximate surface area is 212 Å². The van der Waals surface area contributed by atoms with E-state index in [-0.39, 0.29) is 0 Å². The van der Waals surface area contributed by atoms with Crippen LogP contribution in [0.15, 0.2) is 69.3 Å². The molecule has 0 saturated carbocycles. The molecule has 0 spiro atoms. The third kappa shape index (κ3) is 6.25. The number of benzene rings is 2. The molecule has 0 amide bonds. The number of aromatic nitrogens is 1. The normalized spacial score (nSPS) is 16.9. The molecule has 0 atom stereocenters. The van der Waals surface area contributed by atoms with Crippen LogP contribution in [0.25, 0.3) is 11.3 Å². The van der Waals surface area contributed by atoms with Crippen LogP contribution in [-0.2, 0) is 3.07 Å². The van der Waals surface area contributed by atoms with Crippen LogP contribution in [0.2, 0.25) is 8.87 Å². The molecule has 1 aliphatic rings. The van der Waals surface area contributed by atoms with Gasteiger partial charge in [0.15, 0.2) is 0 Å². The molecule has 1 aliphatic heterocycles. The molecule has 7 nitrogen and oxygen atoms in total. The molecule has 2 heterocycles. The van der Waals surface area contributed by atoms with Crippen molar-refractivity contribution in [3.63, 3.8) is 0 Å². The predicted molar refractivity (Wildman–Crippen MR) is 141 cm³/mol. The monoisotopic (exact) mass is 583 g/mol. The summed E-state index contributed by atoms with van der Waals surface area (Å²) < 4.78 is 27.2. The molecule has 0 radical (unpaired) electrons. The zero-order valence-corrected chi connectivity index (χ0v) is 23.6. The Balaban J connectivity index is 1.78. The van der Waals surface area contributed by atoms with Crippen LogP contribution in [-0.4, -0.2) is 43.1 Å². The molecule has 3 aromatic rings. The van der Waals surface area contributed by atoms with Gasteiger partial charge >= 0.3 is 213 Å². The summed E-state index contributed by atoms with van der Waals surface area (Å²) in [7, 11) is 0. The number of hydrogen-bond acceptors (Lipinski definition) is 7. The van der Waals surface area contributed by atoms with Crippen LogP contribution >= 0.6 is 0 Å². The van der Waals surface area contributed by atoms with E-state index in [1.165, 1.54) is 0 Å². The Bertz CT molecular complexity index is 1150. The molecule has 0 aliphatic carbocycles. The Morgan fingerprint density at radius 2 is 1.66 bits per heavy atom. The summed E-state index contributed by atoms with van der Waals surface area (Å²) in [5.41, 5.74) is 2.30. The van der Waals surface area contributed by atoms with Crippen LogP contribution in [0.3, 0.4) is 0 Å². The van der Waals surface area contributed by atoms with Crippen molar-refractivity contribution in [1.29, 1.82) is 0 Å². The van der Waals surface area contributed by atoms with E-state index in [0.29, 0.717) is 35.5 Å². The second-order valence-corrected chi connectivity index (χ2v) is 17.7. The van der Waals surface area contributed by atoms with Gasteiger partial charge in [-0.1, -0.05) is 0 Å². The standard InChI is InChI=1S/C19H17N3O4.2C4H9.Sn/c1-2-25-16-10-6-9-14(18(16)23)12-20-21-19(24)15-11-17(26-22-15)13-7-4-3-5-8-13;2*1-3-4-2;/h3-12,23H,2H2,1H3,(H,21,24);2*1,3-4H2,2H3;/q;;;+2/p-2/b20-12-;;;. The van der Waals surface area contributed by atoms with E-state index in [4.69, 9.17) is 15.4 Å². The average Bonchev–Trinajstić information content (AvgIpc) is 3.40. The fraction of sp³-hybridized carbons (Fsp3) is 0.370. The van der Waals surface area contributed by atoms with Gasteiger partial charge < -0.3 is 0 Å². The van der Waals surface area contributed by atoms with Crippen LogP contribution in [0, 0.1) is 0 Å². The number of hydrogen-bond donors (Lipinski definition) is 0. The van der Waals surface area contributed by atoms with Crippen molar-refractivity contribution in [2.24, 2.45) is 10.2 Å². The summed E-state index contributed by atoms with van der Waals surface area (Å²) in [4.78, 5) is 0. The molecule has 0 saturated heterocycles. The summed E-state index contributed by atoms with van der Waals surface area (Å²) in [6.45, 7) is 6.90. The third-order valence-electron chi connectivity index (χ3n) is 5.84. The Morgan fingerprint density at radius 3 is 2.37 bits per heavy atom. The molecular weight excluding hydrogens is 549 g/mol. The maximum atomic E-state index is 6.97. The van der Waals surface area contributed by atoms with E-state index in [2.05, 4.69) is 29.2 Å². The molecule has 0 bridgehead atoms. The van der Waals surface area contributed by atoms with Gasteiger partial charge in [0.25, 0.3) is 0 Å². The van der Waals surface area contributed by atoms with Gasteiger partial charge in [-0.2, -0.15) is 0 Å². The van der Waals surface area contributed by atoms with Crippen molar-refractivity contribution in [2.75, 3.05) is 6.61 Å². The van der Waals surface area contributed by atoms with E-state index in [1.807, 2.05) is 61.5 Å². The zero-order valence-electron chi connectivity index (χ0n) is 20.7. The minimum absolute atomic E-state index is 0.362. The van der Waals surface area contributed by atoms with Crippen LogP contribution in [0.5, 0.6) is 11.5 Å². The number of rotatable bonds is 10. The van der Waals surface area contributed by atoms with Crippen LogP contribution in [0.4, 0.5) is 0 Å². The quantitative estimate of drug-likeness (QED) is 0.241. The molecule has 2 aromatic carbocycles. The van der Waals surface area contributed by atoms with Crippen molar-refractivity contribution < 1.29 is 15.4 Å². The van der Waals surface area contributed by atoms with Gasteiger partial charge in [-0.25, -0.2) is 0 Å². The molecule has 35 heavy (non-hydrogen) atoms. The van der Waals surface area contributed by atoms with Crippen molar-refractivity contribution in [3.8, 4) is 22.8 Å². The Kier molecular flexibility index (Phi) is 8.84. The fourth-order valence-corrected chi connectivity index (χ4v) is 14.2. The van der Waals surface area contributed by atoms with Crippen LogP contribution < -0.4 is 7.81 Å². The third-order valence-corrected chi connectivity index (χ3v) is 15.5. The molecule has 1 aromatic heterocycles. The van der Waals surface area contributed by atoms with Crippen molar-refractivity contribution in [3.05, 3.63) is 65.9 Å². The number of unbranched alkanes of at least 4 members (excludes halogenated alkanes) is 2. The van der Waals surface area contributed by atoms with Gasteiger partial charge in [0.1, 0.15) is 0 Å². The van der Waals surface area contributed by atoms with Crippen molar-refractivity contribution in [1.82, 2.24) is 5.16 Å². The second-order valence-electron chi connectivity index (χ2n) is 8.52. The van der Waals surface area contributed by atoms with Crippen LogP contribution in [0.1, 0.15) is 57.7 Å². The van der Waals surface area contributed by atoms with Crippen molar-refractivity contribution >= 4 is 31.3 Å². The Morgan fingerprint density at radius 1 is 0.886 bits per heavy atom. The van der Waals surface area contributed by atoms with Gasteiger partial charge in [-0.3, -0.25) is 0 Å². The number of fused-ring (bicyclic) bond motifs is 1. The van der Waals surface area contributed by atoms with Gasteiger partial charge in [0, 0.05) is 0 Å². The van der Waals surface area contributed by atoms with Crippen molar-refractivity contribution in [2.45, 2.75) is 55.3 Å². The molecule has 4 rings (SSSR count). The van der Waals surface area contributed by atoms with Gasteiger partial charge in [0.2, 0.25) is 0 Å². The topological polar surface area (TPSA) is 78.4 Å². The van der Waals surface area contributed by atoms with Gasteiger partial charge in [0.05, 0.1) is 0 Å².